The van der Waals surface area contributed by atoms with Crippen LogP contribution >= 0.6 is 0 Å². The topological polar surface area (TPSA) is 77.8 Å². The van der Waals surface area contributed by atoms with Gasteiger partial charge in [-0.05, 0) is 110 Å². The molecule has 3 N–H and O–H groups in total. The van der Waals surface area contributed by atoms with Gasteiger partial charge in [0.2, 0.25) is 0 Å². The van der Waals surface area contributed by atoms with E-state index in [9.17, 15) is 20.1 Å². The van der Waals surface area contributed by atoms with Crippen molar-refractivity contribution in [2.75, 3.05) is 0 Å². The quantitative estimate of drug-likeness (QED) is 0.302. The Hall–Kier alpha value is -1.97. The van der Waals surface area contributed by atoms with Crippen molar-refractivity contribution >= 4 is 5.97 Å². The second-order valence-electron chi connectivity index (χ2n) is 13.6. The molecule has 34 heavy (non-hydrogen) atoms. The van der Waals surface area contributed by atoms with Crippen molar-refractivity contribution < 1.29 is 20.1 Å². The molecule has 3 saturated carbocycles. The molecule has 0 aliphatic heterocycles. The minimum atomic E-state index is -0.645. The van der Waals surface area contributed by atoms with E-state index >= 15 is 0 Å². The summed E-state index contributed by atoms with van der Waals surface area (Å²) in [4.78, 5) is 12.3. The standard InChI is InChI=1S/C30H42O4/c1-17-14-21-28(5,19-15-20(31)24(32)18(2)23(17)19)11-13-30(7)22-16-27(4,25(33)34)9-8-26(22,3)10-12-29(21,30)6/h14-15,17,22,31-32H,8-13,16H2,1-7H3,(H,33,34)/t17?,22-,26-,27-,28+,29-,30+/m1/s1. The van der Waals surface area contributed by atoms with E-state index in [1.165, 1.54) is 11.1 Å². The summed E-state index contributed by atoms with van der Waals surface area (Å²) < 4.78 is 0. The van der Waals surface area contributed by atoms with Crippen molar-refractivity contribution in [1.82, 2.24) is 0 Å². The maximum Gasteiger partial charge on any atom is 0.309 e. The van der Waals surface area contributed by atoms with E-state index in [0.29, 0.717) is 5.92 Å². The number of carboxylic acid groups (broad SMARTS) is 1. The summed E-state index contributed by atoms with van der Waals surface area (Å²) in [5, 5.41) is 31.1. The van der Waals surface area contributed by atoms with Crippen LogP contribution in [0.3, 0.4) is 0 Å². The predicted octanol–water partition coefficient (Wildman–Crippen LogP) is 7.20. The number of phenols is 2. The number of carboxylic acids is 1. The Kier molecular flexibility index (Phi) is 4.77. The molecule has 7 atom stereocenters. The first-order valence-electron chi connectivity index (χ1n) is 13.2. The Bertz CT molecular complexity index is 1120. The fourth-order valence-corrected chi connectivity index (χ4v) is 9.20. The van der Waals surface area contributed by atoms with Gasteiger partial charge in [0.15, 0.2) is 11.5 Å². The lowest BCUT2D eigenvalue weighted by molar-refractivity contribution is -0.177. The third kappa shape index (κ3) is 2.69. The number of allylic oxidation sites excluding steroid dienone is 2. The molecule has 0 saturated heterocycles. The molecule has 0 spiro atoms. The third-order valence-corrected chi connectivity index (χ3v) is 11.9. The monoisotopic (exact) mass is 466 g/mol. The average molecular weight is 467 g/mol. The highest BCUT2D eigenvalue weighted by Gasteiger charge is 2.67. The van der Waals surface area contributed by atoms with Crippen LogP contribution in [0.5, 0.6) is 11.5 Å². The smallest absolute Gasteiger partial charge is 0.309 e. The lowest BCUT2D eigenvalue weighted by Gasteiger charge is -2.70. The van der Waals surface area contributed by atoms with E-state index in [1.54, 1.807) is 0 Å². The van der Waals surface area contributed by atoms with Crippen LogP contribution in [0, 0.1) is 34.5 Å². The van der Waals surface area contributed by atoms with E-state index in [1.807, 2.05) is 19.9 Å². The summed E-state index contributed by atoms with van der Waals surface area (Å²) in [5.41, 5.74) is 3.93. The molecule has 186 valence electrons. The molecule has 4 aliphatic carbocycles. The normalized spacial score (nSPS) is 45.3. The zero-order chi connectivity index (χ0) is 25.1. The third-order valence-electron chi connectivity index (χ3n) is 11.9. The van der Waals surface area contributed by atoms with Gasteiger partial charge in [0, 0.05) is 5.41 Å². The molecule has 4 nitrogen and oxygen atoms in total. The first-order valence-corrected chi connectivity index (χ1v) is 13.2. The molecule has 1 aromatic rings. The second-order valence-corrected chi connectivity index (χ2v) is 13.6. The fraction of sp³-hybridized carbons (Fsp3) is 0.700. The summed E-state index contributed by atoms with van der Waals surface area (Å²) >= 11 is 0. The van der Waals surface area contributed by atoms with Gasteiger partial charge in [-0.25, -0.2) is 0 Å². The van der Waals surface area contributed by atoms with Gasteiger partial charge >= 0.3 is 5.97 Å². The zero-order valence-electron chi connectivity index (χ0n) is 22.0. The Morgan fingerprint density at radius 2 is 1.62 bits per heavy atom. The maximum atomic E-state index is 12.3. The van der Waals surface area contributed by atoms with Gasteiger partial charge in [0.05, 0.1) is 5.41 Å². The van der Waals surface area contributed by atoms with Crippen LogP contribution in [-0.4, -0.2) is 21.3 Å². The minimum Gasteiger partial charge on any atom is -0.504 e. The number of hydrogen-bond donors (Lipinski definition) is 3. The average Bonchev–Trinajstić information content (AvgIpc) is 2.77. The largest absolute Gasteiger partial charge is 0.504 e. The molecule has 4 heteroatoms. The molecule has 1 aromatic carbocycles. The van der Waals surface area contributed by atoms with Crippen LogP contribution in [0.25, 0.3) is 0 Å². The van der Waals surface area contributed by atoms with Crippen LogP contribution < -0.4 is 0 Å². The molecule has 5 rings (SSSR count). The number of benzene rings is 1. The second kappa shape index (κ2) is 6.83. The first-order chi connectivity index (χ1) is 15.6. The van der Waals surface area contributed by atoms with Gasteiger partial charge in [-0.2, -0.15) is 0 Å². The summed E-state index contributed by atoms with van der Waals surface area (Å²) in [7, 11) is 0. The van der Waals surface area contributed by atoms with Crippen molar-refractivity contribution in [2.24, 2.45) is 27.6 Å². The Labute approximate surface area is 204 Å². The number of aliphatic carboxylic acids is 1. The molecular weight excluding hydrogens is 424 g/mol. The van der Waals surface area contributed by atoms with Crippen molar-refractivity contribution in [3.8, 4) is 11.5 Å². The lowest BCUT2D eigenvalue weighted by atomic mass is 9.34. The van der Waals surface area contributed by atoms with Gasteiger partial charge in [0.25, 0.3) is 0 Å². The number of hydrogen-bond acceptors (Lipinski definition) is 3. The van der Waals surface area contributed by atoms with Crippen LogP contribution in [0.15, 0.2) is 17.7 Å². The first kappa shape index (κ1) is 23.8. The molecule has 4 aliphatic rings. The van der Waals surface area contributed by atoms with Gasteiger partial charge in [-0.1, -0.05) is 46.3 Å². The number of carbonyl (C=O) groups is 1. The van der Waals surface area contributed by atoms with Gasteiger partial charge < -0.3 is 15.3 Å². The predicted molar refractivity (Wildman–Crippen MR) is 134 cm³/mol. The zero-order valence-corrected chi connectivity index (χ0v) is 22.0. The highest BCUT2D eigenvalue weighted by atomic mass is 16.4. The molecular formula is C30H42O4. The van der Waals surface area contributed by atoms with Crippen molar-refractivity contribution in [3.63, 3.8) is 0 Å². The number of aromatic hydroxyl groups is 2. The maximum absolute atomic E-state index is 12.3. The van der Waals surface area contributed by atoms with Crippen LogP contribution in [-0.2, 0) is 10.2 Å². The van der Waals surface area contributed by atoms with Crippen molar-refractivity contribution in [2.45, 2.75) is 105 Å². The van der Waals surface area contributed by atoms with E-state index < -0.39 is 11.4 Å². The Balaban J connectivity index is 1.66. The lowest BCUT2D eigenvalue weighted by Crippen LogP contribution is -2.62. The van der Waals surface area contributed by atoms with Crippen LogP contribution in [0.2, 0.25) is 0 Å². The highest BCUT2D eigenvalue weighted by molar-refractivity contribution is 5.74. The molecule has 0 radical (unpaired) electrons. The molecule has 0 bridgehead atoms. The molecule has 3 fully saturated rings. The SMILES string of the molecule is Cc1c(O)c(O)cc2c1C(C)C=C1[C@@]2(C)CC[C@@]2(C)[C@@H]3C[C@](C)(C(=O)O)CC[C@]3(C)CC[C@]12C. The number of rotatable bonds is 1. The summed E-state index contributed by atoms with van der Waals surface area (Å²) in [6.45, 7) is 15.8. The molecule has 0 aromatic heterocycles. The molecule has 0 amide bonds. The van der Waals surface area contributed by atoms with Gasteiger partial charge in [-0.3, -0.25) is 4.79 Å². The minimum absolute atomic E-state index is 0.00139. The van der Waals surface area contributed by atoms with Crippen LogP contribution in [0.1, 0.15) is 109 Å². The van der Waals surface area contributed by atoms with Crippen molar-refractivity contribution in [1.29, 1.82) is 0 Å². The van der Waals surface area contributed by atoms with Crippen molar-refractivity contribution in [3.05, 3.63) is 34.4 Å². The summed E-state index contributed by atoms with van der Waals surface area (Å²) in [5.74, 6) is -0.138. The number of fused-ring (bicyclic) bond motifs is 7. The highest BCUT2D eigenvalue weighted by Crippen LogP contribution is 2.75. The van der Waals surface area contributed by atoms with E-state index in [-0.39, 0.29) is 39.1 Å². The van der Waals surface area contributed by atoms with Crippen LogP contribution in [0.4, 0.5) is 0 Å². The molecule has 1 unspecified atom stereocenters. The van der Waals surface area contributed by atoms with Gasteiger partial charge in [-0.15, -0.1) is 0 Å². The Morgan fingerprint density at radius 1 is 0.971 bits per heavy atom. The van der Waals surface area contributed by atoms with E-state index in [4.69, 9.17) is 0 Å². The van der Waals surface area contributed by atoms with E-state index in [2.05, 4.69) is 40.7 Å². The Morgan fingerprint density at radius 3 is 2.26 bits per heavy atom. The number of phenolic OH excluding ortho intramolecular Hbond substituents is 2. The summed E-state index contributed by atoms with van der Waals surface area (Å²) in [6.07, 6.45) is 9.26. The molecule has 0 heterocycles. The fourth-order valence-electron chi connectivity index (χ4n) is 9.20. The van der Waals surface area contributed by atoms with Gasteiger partial charge in [0.1, 0.15) is 0 Å². The van der Waals surface area contributed by atoms with E-state index in [0.717, 1.165) is 56.1 Å². The summed E-state index contributed by atoms with van der Waals surface area (Å²) in [6, 6.07) is 1.82.